The van der Waals surface area contributed by atoms with Gasteiger partial charge in [-0.15, -0.1) is 20.3 Å². The molecule has 246 valence electrons. The fourth-order valence-electron chi connectivity index (χ4n) is 4.68. The lowest BCUT2D eigenvalue weighted by Crippen LogP contribution is -2.35. The first-order valence-electron chi connectivity index (χ1n) is 14.6. The minimum Gasteiger partial charge on any atom is -0.461 e. The van der Waals surface area contributed by atoms with Crippen molar-refractivity contribution in [2.75, 3.05) is 0 Å². The van der Waals surface area contributed by atoms with Crippen LogP contribution in [0.3, 0.4) is 0 Å². The van der Waals surface area contributed by atoms with Crippen LogP contribution >= 0.6 is 11.6 Å². The molecule has 0 spiro atoms. The van der Waals surface area contributed by atoms with Crippen molar-refractivity contribution in [1.82, 2.24) is 14.7 Å². The SMILES string of the molecule is CCCCc1nc(Cl)c(COC=O)n1Cc1ccc(-c2ccccc2/C(N)=N/N(N)C(=O)OCc2ccc(CO[N+](=O)[O-])cc2)cc1. The van der Waals surface area contributed by atoms with E-state index in [2.05, 4.69) is 21.8 Å². The van der Waals surface area contributed by atoms with Crippen LogP contribution in [0.2, 0.25) is 5.15 Å². The number of rotatable bonds is 16. The highest BCUT2D eigenvalue weighted by Gasteiger charge is 2.18. The lowest BCUT2D eigenvalue weighted by atomic mass is 9.98. The number of hydrogen-bond acceptors (Lipinski definition) is 10. The molecule has 4 N–H and O–H groups in total. The van der Waals surface area contributed by atoms with Crippen LogP contribution in [-0.4, -0.2) is 38.2 Å². The minimum absolute atomic E-state index is 0.00675. The van der Waals surface area contributed by atoms with Crippen molar-refractivity contribution in [2.45, 2.75) is 52.6 Å². The van der Waals surface area contributed by atoms with Crippen LogP contribution in [0.25, 0.3) is 11.1 Å². The van der Waals surface area contributed by atoms with E-state index in [-0.39, 0.29) is 25.7 Å². The van der Waals surface area contributed by atoms with E-state index in [4.69, 9.17) is 32.7 Å². The predicted molar refractivity (Wildman–Crippen MR) is 173 cm³/mol. The van der Waals surface area contributed by atoms with E-state index >= 15 is 0 Å². The maximum atomic E-state index is 12.5. The quantitative estimate of drug-likeness (QED) is 0.0310. The zero-order chi connectivity index (χ0) is 33.8. The van der Waals surface area contributed by atoms with Crippen molar-refractivity contribution < 1.29 is 29.0 Å². The number of carbonyl (C=O) groups is 2. The van der Waals surface area contributed by atoms with Gasteiger partial charge in [0, 0.05) is 18.5 Å². The molecule has 4 rings (SSSR count). The first-order valence-corrected chi connectivity index (χ1v) is 15.0. The van der Waals surface area contributed by atoms with Gasteiger partial charge in [0.05, 0.1) is 5.69 Å². The van der Waals surface area contributed by atoms with E-state index in [1.165, 1.54) is 0 Å². The lowest BCUT2D eigenvalue weighted by Gasteiger charge is -2.15. The number of hydrazine groups is 1. The van der Waals surface area contributed by atoms with Gasteiger partial charge in [-0.3, -0.25) is 4.79 Å². The van der Waals surface area contributed by atoms with Crippen molar-refractivity contribution in [1.29, 1.82) is 0 Å². The normalized spacial score (nSPS) is 11.2. The third kappa shape index (κ3) is 9.51. The number of benzene rings is 3. The van der Waals surface area contributed by atoms with Crippen LogP contribution in [0.1, 0.15) is 53.5 Å². The van der Waals surface area contributed by atoms with E-state index in [0.717, 1.165) is 41.8 Å². The molecule has 0 aliphatic heterocycles. The van der Waals surface area contributed by atoms with Crippen LogP contribution in [0, 0.1) is 10.1 Å². The fourth-order valence-corrected chi connectivity index (χ4v) is 4.93. The molecule has 0 atom stereocenters. The van der Waals surface area contributed by atoms with Crippen molar-refractivity contribution in [3.05, 3.63) is 122 Å². The molecule has 0 bridgehead atoms. The van der Waals surface area contributed by atoms with Crippen LogP contribution in [0.4, 0.5) is 4.79 Å². The molecule has 15 heteroatoms. The number of hydrazone groups is 1. The third-order valence-electron chi connectivity index (χ3n) is 7.08. The Balaban J connectivity index is 1.44. The molecule has 0 saturated heterocycles. The number of aryl methyl sites for hydroxylation is 1. The number of nitrogens with two attached hydrogens (primary N) is 2. The molecule has 0 saturated carbocycles. The summed E-state index contributed by atoms with van der Waals surface area (Å²) in [6.45, 7) is 2.68. The molecule has 0 fully saturated rings. The summed E-state index contributed by atoms with van der Waals surface area (Å²) in [5, 5.41) is 14.3. The van der Waals surface area contributed by atoms with Crippen LogP contribution in [-0.2, 0) is 51.9 Å². The highest BCUT2D eigenvalue weighted by Crippen LogP contribution is 2.26. The monoisotopic (exact) mass is 663 g/mol. The van der Waals surface area contributed by atoms with Crippen LogP contribution < -0.4 is 11.6 Å². The van der Waals surface area contributed by atoms with Gasteiger partial charge in [0.15, 0.2) is 11.0 Å². The van der Waals surface area contributed by atoms with Gasteiger partial charge in [-0.1, -0.05) is 97.7 Å². The number of carbonyl (C=O) groups excluding carboxylic acids is 2. The molecule has 4 aromatic rings. The summed E-state index contributed by atoms with van der Waals surface area (Å²) in [7, 11) is 0. The van der Waals surface area contributed by atoms with E-state index < -0.39 is 11.2 Å². The number of nitrogens with zero attached hydrogens (tertiary/aromatic N) is 5. The third-order valence-corrected chi connectivity index (χ3v) is 7.38. The number of amidine groups is 1. The van der Waals surface area contributed by atoms with Gasteiger partial charge in [-0.05, 0) is 34.2 Å². The van der Waals surface area contributed by atoms with Crippen molar-refractivity contribution >= 4 is 30.0 Å². The summed E-state index contributed by atoms with van der Waals surface area (Å²) in [4.78, 5) is 42.5. The largest absolute Gasteiger partial charge is 0.461 e. The summed E-state index contributed by atoms with van der Waals surface area (Å²) in [5.41, 5.74) is 11.3. The Labute approximate surface area is 275 Å². The molecule has 14 nitrogen and oxygen atoms in total. The molecule has 3 aromatic carbocycles. The lowest BCUT2D eigenvalue weighted by molar-refractivity contribution is -0.763. The summed E-state index contributed by atoms with van der Waals surface area (Å²) in [6.07, 6.45) is 1.74. The van der Waals surface area contributed by atoms with E-state index in [1.807, 2.05) is 41.0 Å². The molecule has 47 heavy (non-hydrogen) atoms. The number of hydrogen-bond donors (Lipinski definition) is 2. The molecule has 1 aromatic heterocycles. The molecular formula is C32H34ClN7O7. The average molecular weight is 664 g/mol. The number of amides is 1. The molecule has 1 amide bonds. The van der Waals surface area contributed by atoms with Gasteiger partial charge < -0.3 is 24.6 Å². The second kappa shape index (κ2) is 16.7. The topological polar surface area (TPSA) is 190 Å². The number of imidazole rings is 1. The Morgan fingerprint density at radius 1 is 1.04 bits per heavy atom. The summed E-state index contributed by atoms with van der Waals surface area (Å²) in [5.74, 6) is 6.66. The zero-order valence-electron chi connectivity index (χ0n) is 25.6. The summed E-state index contributed by atoms with van der Waals surface area (Å²) >= 11 is 6.39. The number of ether oxygens (including phenoxy) is 2. The predicted octanol–water partition coefficient (Wildman–Crippen LogP) is 5.11. The summed E-state index contributed by atoms with van der Waals surface area (Å²) in [6, 6.07) is 21.6. The second-order valence-electron chi connectivity index (χ2n) is 10.3. The summed E-state index contributed by atoms with van der Waals surface area (Å²) < 4.78 is 12.2. The number of aromatic nitrogens is 2. The van der Waals surface area contributed by atoms with Crippen LogP contribution in [0.5, 0.6) is 0 Å². The van der Waals surface area contributed by atoms with Gasteiger partial charge in [0.25, 0.3) is 11.6 Å². The van der Waals surface area contributed by atoms with Crippen molar-refractivity contribution in [3.63, 3.8) is 0 Å². The Morgan fingerprint density at radius 3 is 2.36 bits per heavy atom. The van der Waals surface area contributed by atoms with Crippen molar-refractivity contribution in [2.24, 2.45) is 16.7 Å². The van der Waals surface area contributed by atoms with E-state index in [0.29, 0.717) is 45.7 Å². The van der Waals surface area contributed by atoms with Crippen molar-refractivity contribution in [3.8, 4) is 11.1 Å². The Morgan fingerprint density at radius 2 is 1.70 bits per heavy atom. The molecular weight excluding hydrogens is 630 g/mol. The molecule has 0 radical (unpaired) electrons. The Bertz CT molecular complexity index is 1710. The highest BCUT2D eigenvalue weighted by molar-refractivity contribution is 6.30. The molecule has 0 aliphatic carbocycles. The Hall–Kier alpha value is -5.47. The Kier molecular flexibility index (Phi) is 12.2. The second-order valence-corrected chi connectivity index (χ2v) is 10.7. The highest BCUT2D eigenvalue weighted by atomic mass is 35.5. The first-order chi connectivity index (χ1) is 22.7. The first kappa shape index (κ1) is 34.4. The van der Waals surface area contributed by atoms with Gasteiger partial charge in [0.1, 0.15) is 25.6 Å². The molecule has 0 aliphatic rings. The van der Waals surface area contributed by atoms with Gasteiger partial charge in [-0.25, -0.2) is 15.6 Å². The smallest absolute Gasteiger partial charge is 0.445 e. The zero-order valence-corrected chi connectivity index (χ0v) is 26.3. The number of unbranched alkanes of at least 4 members (excludes halogenated alkanes) is 1. The van der Waals surface area contributed by atoms with Gasteiger partial charge in [0.2, 0.25) is 0 Å². The maximum absolute atomic E-state index is 12.5. The van der Waals surface area contributed by atoms with Gasteiger partial charge >= 0.3 is 6.09 Å². The van der Waals surface area contributed by atoms with E-state index in [9.17, 15) is 19.7 Å². The van der Waals surface area contributed by atoms with E-state index in [1.54, 1.807) is 36.4 Å². The number of halogens is 1. The standard InChI is InChI=1S/C32H34ClN7O7/c1-2-3-8-29-36-30(33)28(20-45-21-41)38(29)17-22-13-15-25(16-14-22)26-6-4-5-7-27(26)31(34)37-39(35)32(42)46-18-23-9-11-24(12-10-23)19-47-40(43)44/h4-7,9-16,21H,2-3,8,17-20,35H2,1H3,(H2,34,37). The molecule has 1 heterocycles. The maximum Gasteiger partial charge on any atom is 0.445 e. The minimum atomic E-state index is -0.939. The van der Waals surface area contributed by atoms with Crippen LogP contribution in [0.15, 0.2) is 77.9 Å². The molecule has 0 unspecified atom stereocenters. The van der Waals surface area contributed by atoms with Gasteiger partial charge in [-0.2, -0.15) is 0 Å². The average Bonchev–Trinajstić information content (AvgIpc) is 3.37. The fraction of sp³-hybridized carbons (Fsp3) is 0.250.